The van der Waals surface area contributed by atoms with Gasteiger partial charge in [0.1, 0.15) is 0 Å². The Balaban J connectivity index is 2.73. The molecule has 0 heterocycles. The van der Waals surface area contributed by atoms with Gasteiger partial charge in [-0.15, -0.1) is 0 Å². The van der Waals surface area contributed by atoms with Gasteiger partial charge in [0.25, 0.3) is 0 Å². The molecule has 5 nitrogen and oxygen atoms in total. The summed E-state index contributed by atoms with van der Waals surface area (Å²) in [6.07, 6.45) is -0.614. The second kappa shape index (κ2) is 7.99. The Hall–Kier alpha value is -1.30. The molecule has 2 unspecified atom stereocenters. The van der Waals surface area contributed by atoms with Crippen LogP contribution >= 0.6 is 0 Å². The van der Waals surface area contributed by atoms with Crippen LogP contribution in [-0.2, 0) is 4.74 Å². The topological polar surface area (TPSA) is 60.0 Å². The van der Waals surface area contributed by atoms with E-state index in [1.54, 1.807) is 33.5 Å². The molecule has 108 valence electrons. The van der Waals surface area contributed by atoms with Gasteiger partial charge in [-0.1, -0.05) is 6.07 Å². The lowest BCUT2D eigenvalue weighted by molar-refractivity contribution is 0.126. The van der Waals surface area contributed by atoms with E-state index >= 15 is 0 Å². The Morgan fingerprint density at radius 1 is 1.16 bits per heavy atom. The minimum Gasteiger partial charge on any atom is -0.493 e. The number of hydrogen-bond acceptors (Lipinski definition) is 5. The molecule has 19 heavy (non-hydrogen) atoms. The van der Waals surface area contributed by atoms with Crippen molar-refractivity contribution in [2.24, 2.45) is 0 Å². The summed E-state index contributed by atoms with van der Waals surface area (Å²) >= 11 is 0. The highest BCUT2D eigenvalue weighted by Gasteiger charge is 2.17. The third-order valence-corrected chi connectivity index (χ3v) is 3.00. The van der Waals surface area contributed by atoms with E-state index in [2.05, 4.69) is 5.32 Å². The first-order valence-electron chi connectivity index (χ1n) is 6.26. The fraction of sp³-hybridized carbons (Fsp3) is 0.571. The highest BCUT2D eigenvalue weighted by atomic mass is 16.5. The molecule has 5 heteroatoms. The molecule has 0 aromatic heterocycles. The smallest absolute Gasteiger partial charge is 0.161 e. The summed E-state index contributed by atoms with van der Waals surface area (Å²) in [6, 6.07) is 5.34. The van der Waals surface area contributed by atoms with Crippen LogP contribution < -0.4 is 14.8 Å². The SMILES string of the molecule is COCCNC(C)C(O)c1ccc(OC)c(OC)c1. The molecule has 2 atom stereocenters. The minimum atomic E-state index is -0.614. The van der Waals surface area contributed by atoms with E-state index in [1.807, 2.05) is 13.0 Å². The van der Waals surface area contributed by atoms with Crippen molar-refractivity contribution in [1.82, 2.24) is 5.32 Å². The molecule has 0 amide bonds. The van der Waals surface area contributed by atoms with Gasteiger partial charge >= 0.3 is 0 Å². The fourth-order valence-corrected chi connectivity index (χ4v) is 1.83. The van der Waals surface area contributed by atoms with Crippen LogP contribution in [0.1, 0.15) is 18.6 Å². The predicted octanol–water partition coefficient (Wildman–Crippen LogP) is 1.36. The first kappa shape index (κ1) is 15.8. The standard InChI is InChI=1S/C14H23NO4/c1-10(15-7-8-17-2)14(16)11-5-6-12(18-3)13(9-11)19-4/h5-6,9-10,14-16H,7-8H2,1-4H3. The van der Waals surface area contributed by atoms with E-state index in [9.17, 15) is 5.11 Å². The highest BCUT2D eigenvalue weighted by molar-refractivity contribution is 5.43. The summed E-state index contributed by atoms with van der Waals surface area (Å²) in [7, 11) is 4.81. The largest absolute Gasteiger partial charge is 0.493 e. The fourth-order valence-electron chi connectivity index (χ4n) is 1.83. The molecule has 1 aromatic carbocycles. The minimum absolute atomic E-state index is 0.0757. The summed E-state index contributed by atoms with van der Waals surface area (Å²) in [4.78, 5) is 0. The predicted molar refractivity (Wildman–Crippen MR) is 73.8 cm³/mol. The molecular weight excluding hydrogens is 246 g/mol. The van der Waals surface area contributed by atoms with Crippen LogP contribution in [0.3, 0.4) is 0 Å². The number of nitrogens with one attached hydrogen (secondary N) is 1. The highest BCUT2D eigenvalue weighted by Crippen LogP contribution is 2.30. The van der Waals surface area contributed by atoms with Crippen molar-refractivity contribution < 1.29 is 19.3 Å². The van der Waals surface area contributed by atoms with Crippen LogP contribution in [0.5, 0.6) is 11.5 Å². The Morgan fingerprint density at radius 3 is 2.42 bits per heavy atom. The summed E-state index contributed by atoms with van der Waals surface area (Å²) in [5, 5.41) is 13.5. The molecule has 0 bridgehead atoms. The lowest BCUT2D eigenvalue weighted by atomic mass is 10.0. The van der Waals surface area contributed by atoms with Crippen molar-refractivity contribution in [1.29, 1.82) is 0 Å². The van der Waals surface area contributed by atoms with Gasteiger partial charge in [-0.3, -0.25) is 0 Å². The molecule has 0 aliphatic carbocycles. The average molecular weight is 269 g/mol. The molecule has 0 spiro atoms. The summed E-state index contributed by atoms with van der Waals surface area (Å²) in [5.74, 6) is 1.27. The number of methoxy groups -OCH3 is 3. The van der Waals surface area contributed by atoms with Gasteiger partial charge in [0, 0.05) is 19.7 Å². The van der Waals surface area contributed by atoms with Crippen LogP contribution in [0.4, 0.5) is 0 Å². The Labute approximate surface area is 114 Å². The van der Waals surface area contributed by atoms with Gasteiger partial charge in [0.15, 0.2) is 11.5 Å². The van der Waals surface area contributed by atoms with E-state index in [4.69, 9.17) is 14.2 Å². The monoisotopic (exact) mass is 269 g/mol. The molecule has 1 aromatic rings. The molecule has 0 fully saturated rings. The zero-order chi connectivity index (χ0) is 14.3. The van der Waals surface area contributed by atoms with E-state index in [-0.39, 0.29) is 6.04 Å². The lowest BCUT2D eigenvalue weighted by Crippen LogP contribution is -2.34. The van der Waals surface area contributed by atoms with Gasteiger partial charge in [0.2, 0.25) is 0 Å². The van der Waals surface area contributed by atoms with Crippen molar-refractivity contribution in [3.8, 4) is 11.5 Å². The third kappa shape index (κ3) is 4.38. The maximum atomic E-state index is 10.3. The Morgan fingerprint density at radius 2 is 1.84 bits per heavy atom. The van der Waals surface area contributed by atoms with Gasteiger partial charge in [-0.25, -0.2) is 0 Å². The molecule has 0 aliphatic heterocycles. The number of rotatable bonds is 8. The molecule has 2 N–H and O–H groups in total. The van der Waals surface area contributed by atoms with Gasteiger partial charge in [0.05, 0.1) is 26.9 Å². The number of benzene rings is 1. The summed E-state index contributed by atoms with van der Waals surface area (Å²) < 4.78 is 15.4. The molecular formula is C14H23NO4. The summed E-state index contributed by atoms with van der Waals surface area (Å²) in [5.41, 5.74) is 0.787. The van der Waals surface area contributed by atoms with E-state index in [1.165, 1.54) is 0 Å². The van der Waals surface area contributed by atoms with Gasteiger partial charge < -0.3 is 24.6 Å². The van der Waals surface area contributed by atoms with E-state index < -0.39 is 6.10 Å². The average Bonchev–Trinajstić information content (AvgIpc) is 2.45. The van der Waals surface area contributed by atoms with Gasteiger partial charge in [-0.2, -0.15) is 0 Å². The van der Waals surface area contributed by atoms with Crippen molar-refractivity contribution in [2.75, 3.05) is 34.5 Å². The number of aliphatic hydroxyl groups is 1. The van der Waals surface area contributed by atoms with Crippen molar-refractivity contribution in [2.45, 2.75) is 19.1 Å². The van der Waals surface area contributed by atoms with Crippen LogP contribution in [-0.4, -0.2) is 45.6 Å². The number of hydrogen-bond donors (Lipinski definition) is 2. The zero-order valence-electron chi connectivity index (χ0n) is 12.0. The van der Waals surface area contributed by atoms with Crippen molar-refractivity contribution in [3.63, 3.8) is 0 Å². The van der Waals surface area contributed by atoms with Crippen molar-refractivity contribution in [3.05, 3.63) is 23.8 Å². The van der Waals surface area contributed by atoms with Crippen molar-refractivity contribution >= 4 is 0 Å². The Bertz CT molecular complexity index is 384. The van der Waals surface area contributed by atoms with Crippen LogP contribution in [0.15, 0.2) is 18.2 Å². The van der Waals surface area contributed by atoms with Crippen LogP contribution in [0, 0.1) is 0 Å². The second-order valence-corrected chi connectivity index (χ2v) is 4.29. The molecule has 0 aliphatic rings. The normalized spacial score (nSPS) is 13.9. The van der Waals surface area contributed by atoms with Crippen LogP contribution in [0.2, 0.25) is 0 Å². The second-order valence-electron chi connectivity index (χ2n) is 4.29. The molecule has 0 saturated heterocycles. The maximum absolute atomic E-state index is 10.3. The lowest BCUT2D eigenvalue weighted by Gasteiger charge is -2.21. The summed E-state index contributed by atoms with van der Waals surface area (Å²) in [6.45, 7) is 3.24. The van der Waals surface area contributed by atoms with E-state index in [0.29, 0.717) is 24.7 Å². The third-order valence-electron chi connectivity index (χ3n) is 3.00. The van der Waals surface area contributed by atoms with E-state index in [0.717, 1.165) is 5.56 Å². The van der Waals surface area contributed by atoms with Gasteiger partial charge in [-0.05, 0) is 24.6 Å². The quantitative estimate of drug-likeness (QED) is 0.698. The number of ether oxygens (including phenoxy) is 3. The maximum Gasteiger partial charge on any atom is 0.161 e. The first-order chi connectivity index (χ1) is 9.13. The molecule has 0 saturated carbocycles. The molecule has 0 radical (unpaired) electrons. The van der Waals surface area contributed by atoms with Crippen LogP contribution in [0.25, 0.3) is 0 Å². The first-order valence-corrected chi connectivity index (χ1v) is 6.26. The number of aliphatic hydroxyl groups excluding tert-OH is 1. The zero-order valence-corrected chi connectivity index (χ0v) is 12.0. The Kier molecular flexibility index (Phi) is 6.62. The molecule has 1 rings (SSSR count).